The topological polar surface area (TPSA) is 73.4 Å². The summed E-state index contributed by atoms with van der Waals surface area (Å²) in [5, 5.41) is 3.73. The van der Waals surface area contributed by atoms with Gasteiger partial charge in [0.25, 0.3) is 5.91 Å². The number of ether oxygens (including phenoxy) is 1. The molecule has 140 valence electrons. The van der Waals surface area contributed by atoms with Crippen LogP contribution in [0.5, 0.6) is 0 Å². The predicted molar refractivity (Wildman–Crippen MR) is 94.7 cm³/mol. The second kappa shape index (κ2) is 7.23. The van der Waals surface area contributed by atoms with Gasteiger partial charge < -0.3 is 18.7 Å². The molecule has 1 saturated carbocycles. The lowest BCUT2D eigenvalue weighted by molar-refractivity contribution is 0.0571. The molecule has 1 amide bonds. The molecule has 3 heterocycles. The van der Waals surface area contributed by atoms with Crippen LogP contribution in [-0.2, 0) is 18.3 Å². The molecule has 26 heavy (non-hydrogen) atoms. The Kier molecular flexibility index (Phi) is 4.80. The van der Waals surface area contributed by atoms with Crippen molar-refractivity contribution >= 4 is 5.91 Å². The molecule has 2 aromatic rings. The Balaban J connectivity index is 1.48. The number of carbonyl (C=O) groups excluding carboxylic acids is 1. The highest BCUT2D eigenvalue weighted by Gasteiger charge is 2.33. The van der Waals surface area contributed by atoms with Gasteiger partial charge in [0.05, 0.1) is 31.4 Å². The van der Waals surface area contributed by atoms with Crippen molar-refractivity contribution in [1.82, 2.24) is 19.6 Å². The summed E-state index contributed by atoms with van der Waals surface area (Å²) in [5.41, 5.74) is 2.66. The molecular weight excluding hydrogens is 332 g/mol. The molecule has 0 aromatic carbocycles. The standard InChI is InChI=1S/C19H26N4O3/c1-13-16(7-21-26-13)19(24)23-8-15(11-25-10-14-5-3-4-6-14)18-17(9-23)20-12-22(18)2/h7,12,14-15H,3-6,8-11H2,1-2H3/t15-/m1/s1. The molecule has 0 N–H and O–H groups in total. The summed E-state index contributed by atoms with van der Waals surface area (Å²) in [4.78, 5) is 19.2. The second-order valence-electron chi connectivity index (χ2n) is 7.55. The number of nitrogens with zero attached hydrogens (tertiary/aromatic N) is 4. The molecule has 1 aliphatic heterocycles. The second-order valence-corrected chi connectivity index (χ2v) is 7.55. The zero-order chi connectivity index (χ0) is 18.1. The molecule has 4 rings (SSSR count). The van der Waals surface area contributed by atoms with Gasteiger partial charge in [-0.25, -0.2) is 4.98 Å². The number of imidazole rings is 1. The van der Waals surface area contributed by atoms with Crippen molar-refractivity contribution < 1.29 is 14.1 Å². The SMILES string of the molecule is Cc1oncc1C(=O)N1Cc2ncn(C)c2[C@@H](COCC2CCCC2)C1. The maximum atomic E-state index is 12.9. The minimum atomic E-state index is -0.0548. The van der Waals surface area contributed by atoms with E-state index in [-0.39, 0.29) is 11.8 Å². The predicted octanol–water partition coefficient (Wildman–Crippen LogP) is 2.66. The molecule has 0 bridgehead atoms. The largest absolute Gasteiger partial charge is 0.380 e. The van der Waals surface area contributed by atoms with Crippen LogP contribution in [0.3, 0.4) is 0 Å². The fourth-order valence-electron chi connectivity index (χ4n) is 4.25. The molecule has 0 spiro atoms. The zero-order valence-corrected chi connectivity index (χ0v) is 15.5. The van der Waals surface area contributed by atoms with Crippen molar-refractivity contribution in [3.63, 3.8) is 0 Å². The van der Waals surface area contributed by atoms with E-state index in [9.17, 15) is 4.79 Å². The molecule has 7 heteroatoms. The smallest absolute Gasteiger partial charge is 0.259 e. The van der Waals surface area contributed by atoms with Gasteiger partial charge in [-0.05, 0) is 25.7 Å². The number of amides is 1. The van der Waals surface area contributed by atoms with E-state index in [2.05, 4.69) is 14.7 Å². The van der Waals surface area contributed by atoms with Crippen LogP contribution in [0.2, 0.25) is 0 Å². The number of aromatic nitrogens is 3. The number of hydrogen-bond acceptors (Lipinski definition) is 5. The van der Waals surface area contributed by atoms with Crippen LogP contribution >= 0.6 is 0 Å². The van der Waals surface area contributed by atoms with Gasteiger partial charge in [-0.2, -0.15) is 0 Å². The fourth-order valence-corrected chi connectivity index (χ4v) is 4.25. The van der Waals surface area contributed by atoms with Crippen LogP contribution in [0, 0.1) is 12.8 Å². The molecule has 1 aliphatic carbocycles. The molecule has 2 aliphatic rings. The zero-order valence-electron chi connectivity index (χ0n) is 15.5. The summed E-state index contributed by atoms with van der Waals surface area (Å²) in [7, 11) is 2.01. The summed E-state index contributed by atoms with van der Waals surface area (Å²) in [6.45, 7) is 4.34. The van der Waals surface area contributed by atoms with Gasteiger partial charge in [0, 0.05) is 31.8 Å². The molecule has 1 fully saturated rings. The molecule has 0 unspecified atom stereocenters. The molecule has 7 nitrogen and oxygen atoms in total. The average molecular weight is 358 g/mol. The number of hydrogen-bond donors (Lipinski definition) is 0. The van der Waals surface area contributed by atoms with Crippen LogP contribution in [0.25, 0.3) is 0 Å². The third-order valence-electron chi connectivity index (χ3n) is 5.65. The summed E-state index contributed by atoms with van der Waals surface area (Å²) >= 11 is 0. The van der Waals surface area contributed by atoms with Gasteiger partial charge in [0.1, 0.15) is 11.3 Å². The quantitative estimate of drug-likeness (QED) is 0.821. The van der Waals surface area contributed by atoms with Crippen molar-refractivity contribution in [1.29, 1.82) is 0 Å². The molecule has 1 atom stereocenters. The third-order valence-corrected chi connectivity index (χ3v) is 5.65. The first-order valence-electron chi connectivity index (χ1n) is 9.42. The van der Waals surface area contributed by atoms with E-state index < -0.39 is 0 Å². The first kappa shape index (κ1) is 17.3. The highest BCUT2D eigenvalue weighted by molar-refractivity contribution is 5.94. The average Bonchev–Trinajstić information content (AvgIpc) is 3.36. The van der Waals surface area contributed by atoms with Crippen LogP contribution < -0.4 is 0 Å². The number of aryl methyl sites for hydroxylation is 2. The monoisotopic (exact) mass is 358 g/mol. The Morgan fingerprint density at radius 2 is 2.15 bits per heavy atom. The Hall–Kier alpha value is -2.15. The van der Waals surface area contributed by atoms with Crippen LogP contribution in [0.15, 0.2) is 17.0 Å². The lowest BCUT2D eigenvalue weighted by atomic mass is 9.98. The van der Waals surface area contributed by atoms with Gasteiger partial charge >= 0.3 is 0 Å². The van der Waals surface area contributed by atoms with Crippen molar-refractivity contribution in [2.75, 3.05) is 19.8 Å². The van der Waals surface area contributed by atoms with Gasteiger partial charge in [0.2, 0.25) is 0 Å². The van der Waals surface area contributed by atoms with Gasteiger partial charge in [0.15, 0.2) is 0 Å². The highest BCUT2D eigenvalue weighted by Crippen LogP contribution is 2.30. The highest BCUT2D eigenvalue weighted by atomic mass is 16.5. The maximum Gasteiger partial charge on any atom is 0.259 e. The van der Waals surface area contributed by atoms with Crippen LogP contribution in [0.4, 0.5) is 0 Å². The first-order chi connectivity index (χ1) is 12.6. The molecule has 0 radical (unpaired) electrons. The summed E-state index contributed by atoms with van der Waals surface area (Å²) in [6.07, 6.45) is 8.52. The van der Waals surface area contributed by atoms with Gasteiger partial charge in [-0.3, -0.25) is 4.79 Å². The molecule has 2 aromatic heterocycles. The van der Waals surface area contributed by atoms with Crippen molar-refractivity contribution in [3.05, 3.63) is 35.2 Å². The molecule has 0 saturated heterocycles. The van der Waals surface area contributed by atoms with Crippen LogP contribution in [0.1, 0.15) is 59.1 Å². The summed E-state index contributed by atoms with van der Waals surface area (Å²) in [6, 6.07) is 0. The van der Waals surface area contributed by atoms with Gasteiger partial charge in [-0.1, -0.05) is 18.0 Å². The van der Waals surface area contributed by atoms with E-state index in [1.807, 2.05) is 18.3 Å². The first-order valence-corrected chi connectivity index (χ1v) is 9.42. The van der Waals surface area contributed by atoms with Crippen molar-refractivity contribution in [2.24, 2.45) is 13.0 Å². The third kappa shape index (κ3) is 3.28. The number of carbonyl (C=O) groups is 1. The van der Waals surface area contributed by atoms with E-state index in [0.29, 0.717) is 36.9 Å². The normalized spacial score (nSPS) is 20.5. The Labute approximate surface area is 153 Å². The van der Waals surface area contributed by atoms with Crippen molar-refractivity contribution in [3.8, 4) is 0 Å². The minimum Gasteiger partial charge on any atom is -0.380 e. The summed E-state index contributed by atoms with van der Waals surface area (Å²) < 4.78 is 13.2. The van der Waals surface area contributed by atoms with E-state index in [1.54, 1.807) is 6.92 Å². The lowest BCUT2D eigenvalue weighted by Gasteiger charge is -2.33. The summed E-state index contributed by atoms with van der Waals surface area (Å²) in [5.74, 6) is 1.33. The Morgan fingerprint density at radius 1 is 1.35 bits per heavy atom. The van der Waals surface area contributed by atoms with Crippen LogP contribution in [-0.4, -0.2) is 45.3 Å². The number of rotatable bonds is 5. The number of fused-ring (bicyclic) bond motifs is 1. The van der Waals surface area contributed by atoms with E-state index >= 15 is 0 Å². The van der Waals surface area contributed by atoms with E-state index in [0.717, 1.165) is 12.3 Å². The van der Waals surface area contributed by atoms with Crippen molar-refractivity contribution in [2.45, 2.75) is 45.1 Å². The molecular formula is C19H26N4O3. The Morgan fingerprint density at radius 3 is 2.88 bits per heavy atom. The minimum absolute atomic E-state index is 0.0548. The maximum absolute atomic E-state index is 12.9. The van der Waals surface area contributed by atoms with E-state index in [1.165, 1.54) is 37.6 Å². The fraction of sp³-hybridized carbons (Fsp3) is 0.632. The Bertz CT molecular complexity index is 776. The van der Waals surface area contributed by atoms with Gasteiger partial charge in [-0.15, -0.1) is 0 Å². The van der Waals surface area contributed by atoms with E-state index in [4.69, 9.17) is 9.26 Å². The lowest BCUT2D eigenvalue weighted by Crippen LogP contribution is -2.40.